The number of aliphatic imine (C=N–C) groups is 1. The first kappa shape index (κ1) is 12.1. The van der Waals surface area contributed by atoms with Gasteiger partial charge in [-0.1, -0.05) is 18.2 Å². The highest BCUT2D eigenvalue weighted by molar-refractivity contribution is 6.41. The first-order valence-electron chi connectivity index (χ1n) is 7.48. The molecule has 1 atom stereocenters. The summed E-state index contributed by atoms with van der Waals surface area (Å²) in [5.74, 6) is 0.688. The van der Waals surface area contributed by atoms with Gasteiger partial charge in [-0.3, -0.25) is 4.79 Å². The van der Waals surface area contributed by atoms with Crippen molar-refractivity contribution in [3.05, 3.63) is 29.8 Å². The van der Waals surface area contributed by atoms with E-state index in [2.05, 4.69) is 15.2 Å². The van der Waals surface area contributed by atoms with E-state index in [4.69, 9.17) is 0 Å². The zero-order chi connectivity index (χ0) is 13.5. The van der Waals surface area contributed by atoms with E-state index in [0.29, 0.717) is 24.1 Å². The lowest BCUT2D eigenvalue weighted by Crippen LogP contribution is -2.58. The molecule has 1 N–H and O–H groups in total. The van der Waals surface area contributed by atoms with E-state index < -0.39 is 0 Å². The Bertz CT molecular complexity index is 573. The third-order valence-corrected chi connectivity index (χ3v) is 4.84. The second-order valence-electron chi connectivity index (χ2n) is 6.08. The number of rotatable bonds is 2. The zero-order valence-corrected chi connectivity index (χ0v) is 11.5. The number of nitrogens with zero attached hydrogens (tertiary/aromatic N) is 2. The third kappa shape index (κ3) is 2.04. The number of piperidine rings is 3. The molecule has 20 heavy (non-hydrogen) atoms. The topological polar surface area (TPSA) is 44.7 Å². The summed E-state index contributed by atoms with van der Waals surface area (Å²) in [5.41, 5.74) is 2.78. The molecule has 104 valence electrons. The van der Waals surface area contributed by atoms with Crippen molar-refractivity contribution in [1.82, 2.24) is 10.2 Å². The van der Waals surface area contributed by atoms with Gasteiger partial charge in [0.25, 0.3) is 5.91 Å². The standard InChI is InChI=1S/C16H19N3O/c20-16(14-9-12-3-1-2-4-13(12)17-14)18-15-10-19-7-5-11(15)6-8-19/h1-4,11,15H,5-10H2,(H,18,20). The first-order chi connectivity index (χ1) is 9.79. The lowest BCUT2D eigenvalue weighted by molar-refractivity contribution is -0.116. The minimum atomic E-state index is 0.0277. The molecular formula is C16H19N3O. The van der Waals surface area contributed by atoms with Gasteiger partial charge in [-0.25, -0.2) is 4.99 Å². The molecule has 1 aromatic carbocycles. The molecule has 0 spiro atoms. The van der Waals surface area contributed by atoms with E-state index in [0.717, 1.165) is 17.8 Å². The van der Waals surface area contributed by atoms with Crippen LogP contribution in [-0.2, 0) is 11.2 Å². The Morgan fingerprint density at radius 1 is 1.25 bits per heavy atom. The van der Waals surface area contributed by atoms with Gasteiger partial charge in [-0.15, -0.1) is 0 Å². The van der Waals surface area contributed by atoms with Gasteiger partial charge in [0, 0.05) is 19.0 Å². The molecule has 4 heteroatoms. The molecule has 4 nitrogen and oxygen atoms in total. The summed E-state index contributed by atoms with van der Waals surface area (Å²) in [5, 5.41) is 3.22. The fraction of sp³-hybridized carbons (Fsp3) is 0.500. The van der Waals surface area contributed by atoms with E-state index in [1.54, 1.807) is 0 Å². The highest BCUT2D eigenvalue weighted by Gasteiger charge is 2.35. The largest absolute Gasteiger partial charge is 0.347 e. The van der Waals surface area contributed by atoms with Crippen LogP contribution in [0.1, 0.15) is 18.4 Å². The number of carbonyl (C=O) groups excluding carboxylic acids is 1. The van der Waals surface area contributed by atoms with Crippen LogP contribution in [0, 0.1) is 5.92 Å². The Kier molecular flexibility index (Phi) is 2.84. The van der Waals surface area contributed by atoms with Crippen molar-refractivity contribution in [3.63, 3.8) is 0 Å². The van der Waals surface area contributed by atoms with Gasteiger partial charge in [0.2, 0.25) is 0 Å². The van der Waals surface area contributed by atoms with E-state index >= 15 is 0 Å². The maximum absolute atomic E-state index is 12.4. The maximum atomic E-state index is 12.4. The number of benzene rings is 1. The van der Waals surface area contributed by atoms with Crippen LogP contribution < -0.4 is 5.32 Å². The van der Waals surface area contributed by atoms with Crippen molar-refractivity contribution in [2.75, 3.05) is 19.6 Å². The van der Waals surface area contributed by atoms with Crippen LogP contribution in [0.25, 0.3) is 0 Å². The number of nitrogens with one attached hydrogen (secondary N) is 1. The van der Waals surface area contributed by atoms with Crippen LogP contribution in [0.3, 0.4) is 0 Å². The summed E-state index contributed by atoms with van der Waals surface area (Å²) in [6.45, 7) is 3.41. The summed E-state index contributed by atoms with van der Waals surface area (Å²) in [6, 6.07) is 8.31. The quantitative estimate of drug-likeness (QED) is 0.885. The number of hydrogen-bond donors (Lipinski definition) is 1. The normalized spacial score (nSPS) is 30.8. The fourth-order valence-corrected chi connectivity index (χ4v) is 3.65. The lowest BCUT2D eigenvalue weighted by atomic mass is 9.84. The monoisotopic (exact) mass is 269 g/mol. The fourth-order valence-electron chi connectivity index (χ4n) is 3.65. The Balaban J connectivity index is 1.45. The molecule has 2 bridgehead atoms. The summed E-state index contributed by atoms with van der Waals surface area (Å²) < 4.78 is 0. The third-order valence-electron chi connectivity index (χ3n) is 4.84. The highest BCUT2D eigenvalue weighted by atomic mass is 16.2. The predicted molar refractivity (Wildman–Crippen MR) is 78.3 cm³/mol. The second kappa shape index (κ2) is 4.70. The van der Waals surface area contributed by atoms with Crippen LogP contribution >= 0.6 is 0 Å². The summed E-state index contributed by atoms with van der Waals surface area (Å²) in [7, 11) is 0. The molecule has 4 aliphatic rings. The molecule has 4 heterocycles. The Labute approximate surface area is 118 Å². The zero-order valence-electron chi connectivity index (χ0n) is 11.5. The van der Waals surface area contributed by atoms with E-state index in [1.165, 1.54) is 25.9 Å². The van der Waals surface area contributed by atoms with Crippen LogP contribution in [0.15, 0.2) is 29.3 Å². The Hall–Kier alpha value is -1.68. The van der Waals surface area contributed by atoms with Crippen molar-refractivity contribution >= 4 is 17.3 Å². The van der Waals surface area contributed by atoms with Gasteiger partial charge >= 0.3 is 0 Å². The minimum absolute atomic E-state index is 0.0277. The van der Waals surface area contributed by atoms with Crippen molar-refractivity contribution in [2.45, 2.75) is 25.3 Å². The average Bonchev–Trinajstić information content (AvgIpc) is 2.92. The van der Waals surface area contributed by atoms with Gasteiger partial charge in [0.05, 0.1) is 5.69 Å². The van der Waals surface area contributed by atoms with E-state index in [9.17, 15) is 4.79 Å². The molecule has 0 radical (unpaired) electrons. The van der Waals surface area contributed by atoms with E-state index in [1.807, 2.05) is 24.3 Å². The maximum Gasteiger partial charge on any atom is 0.266 e. The predicted octanol–water partition coefficient (Wildman–Crippen LogP) is 1.53. The molecule has 0 saturated carbocycles. The number of para-hydroxylation sites is 1. The molecular weight excluding hydrogens is 250 g/mol. The van der Waals surface area contributed by atoms with Gasteiger partial charge in [0.1, 0.15) is 5.71 Å². The molecule has 3 fully saturated rings. The smallest absolute Gasteiger partial charge is 0.266 e. The molecule has 3 saturated heterocycles. The number of carbonyl (C=O) groups is 1. The minimum Gasteiger partial charge on any atom is -0.347 e. The number of amides is 1. The number of fused-ring (bicyclic) bond motifs is 4. The first-order valence-corrected chi connectivity index (χ1v) is 7.48. The molecule has 1 aromatic rings. The van der Waals surface area contributed by atoms with Crippen molar-refractivity contribution in [1.29, 1.82) is 0 Å². The molecule has 0 aliphatic carbocycles. The van der Waals surface area contributed by atoms with Gasteiger partial charge in [0.15, 0.2) is 0 Å². The van der Waals surface area contributed by atoms with Crippen molar-refractivity contribution in [2.24, 2.45) is 10.9 Å². The van der Waals surface area contributed by atoms with Crippen molar-refractivity contribution in [3.8, 4) is 0 Å². The lowest BCUT2D eigenvalue weighted by Gasteiger charge is -2.44. The summed E-state index contributed by atoms with van der Waals surface area (Å²) in [6.07, 6.45) is 3.11. The molecule has 1 amide bonds. The van der Waals surface area contributed by atoms with Crippen LogP contribution in [0.2, 0.25) is 0 Å². The van der Waals surface area contributed by atoms with Crippen LogP contribution in [0.5, 0.6) is 0 Å². The van der Waals surface area contributed by atoms with Gasteiger partial charge in [-0.05, 0) is 43.5 Å². The van der Waals surface area contributed by atoms with Crippen molar-refractivity contribution < 1.29 is 4.79 Å². The van der Waals surface area contributed by atoms with Gasteiger partial charge in [-0.2, -0.15) is 0 Å². The molecule has 4 aliphatic heterocycles. The molecule has 5 rings (SSSR count). The highest BCUT2D eigenvalue weighted by Crippen LogP contribution is 2.29. The summed E-state index contributed by atoms with van der Waals surface area (Å²) >= 11 is 0. The molecule has 1 unspecified atom stereocenters. The van der Waals surface area contributed by atoms with Crippen LogP contribution in [-0.4, -0.2) is 42.2 Å². The van der Waals surface area contributed by atoms with Crippen LogP contribution in [0.4, 0.5) is 5.69 Å². The van der Waals surface area contributed by atoms with Gasteiger partial charge < -0.3 is 10.2 Å². The average molecular weight is 269 g/mol. The second-order valence-corrected chi connectivity index (χ2v) is 6.08. The molecule has 0 aromatic heterocycles. The summed E-state index contributed by atoms with van der Waals surface area (Å²) in [4.78, 5) is 19.3. The SMILES string of the molecule is O=C(NC1CN2CCC1CC2)C1=Nc2ccccc2C1. The Morgan fingerprint density at radius 3 is 2.75 bits per heavy atom. The van der Waals surface area contributed by atoms with E-state index in [-0.39, 0.29) is 5.91 Å². The number of hydrogen-bond acceptors (Lipinski definition) is 3. The Morgan fingerprint density at radius 2 is 2.05 bits per heavy atom.